The average Bonchev–Trinajstić information content (AvgIpc) is 2.33. The Morgan fingerprint density at radius 1 is 1.40 bits per heavy atom. The third kappa shape index (κ3) is 1.60. The molecule has 1 aromatic carbocycles. The lowest BCUT2D eigenvalue weighted by molar-refractivity contribution is 1.09. The lowest BCUT2D eigenvalue weighted by Crippen LogP contribution is -1.83. The van der Waals surface area contributed by atoms with Crippen molar-refractivity contribution in [3.8, 4) is 0 Å². The fraction of sp³-hybridized carbons (Fsp3) is 0.400. The molecule has 0 bridgehead atoms. The number of hydrogen-bond acceptors (Lipinski definition) is 0. The molecule has 10 heavy (non-hydrogen) atoms. The summed E-state index contributed by atoms with van der Waals surface area (Å²) < 4.78 is 105. The van der Waals surface area contributed by atoms with Crippen LogP contribution in [0.5, 0.6) is 0 Å². The molecule has 1 rings (SSSR count). The van der Waals surface area contributed by atoms with Gasteiger partial charge in [-0.15, -0.1) is 0 Å². The van der Waals surface area contributed by atoms with Crippen LogP contribution in [-0.4, -0.2) is 0 Å². The maximum absolute atomic E-state index is 7.89. The summed E-state index contributed by atoms with van der Waals surface area (Å²) in [5.74, 6) is 0. The first-order valence-corrected chi connectivity index (χ1v) is 2.50. The summed E-state index contributed by atoms with van der Waals surface area (Å²) >= 11 is 0. The molecule has 0 atom stereocenters. The summed E-state index contributed by atoms with van der Waals surface area (Å²) in [4.78, 5) is 0. The third-order valence-corrected chi connectivity index (χ3v) is 0.875. The highest BCUT2D eigenvalue weighted by Gasteiger charge is 1.89. The molecule has 0 aliphatic heterocycles. The fourth-order valence-electron chi connectivity index (χ4n) is 0.469. The van der Waals surface area contributed by atoms with E-state index in [1.165, 1.54) is 0 Å². The van der Waals surface area contributed by atoms with Gasteiger partial charge in [0.05, 0.1) is 5.48 Å². The van der Waals surface area contributed by atoms with Gasteiger partial charge in [-0.25, -0.2) is 0 Å². The van der Waals surface area contributed by atoms with Crippen molar-refractivity contribution in [3.63, 3.8) is 0 Å². The number of hydrogen-bond donors (Lipinski definition) is 0. The monoisotopic (exact) mass is 148 g/mol. The molecule has 0 aliphatic rings. The van der Waals surface area contributed by atoms with Crippen LogP contribution in [0.2, 0.25) is 0 Å². The second-order valence-corrected chi connectivity index (χ2v) is 1.50. The topological polar surface area (TPSA) is 0 Å². The SMILES string of the molecule is [2H]c1c([2H])c(C([2H])([2H])C([2H])([2H])[2H])c([2H])c(C([2H])([2H])C([2H])([2H])[2H])c1[2H]. The van der Waals surface area contributed by atoms with Crippen LogP contribution in [0.4, 0.5) is 0 Å². The van der Waals surface area contributed by atoms with E-state index >= 15 is 0 Å². The zero-order chi connectivity index (χ0) is 19.5. The summed E-state index contributed by atoms with van der Waals surface area (Å²) in [6.07, 6.45) is -6.60. The summed E-state index contributed by atoms with van der Waals surface area (Å²) in [6.45, 7) is -6.70. The van der Waals surface area contributed by atoms with Gasteiger partial charge in [0.15, 0.2) is 0 Å². The van der Waals surface area contributed by atoms with Crippen molar-refractivity contribution in [2.24, 2.45) is 0 Å². The minimum atomic E-state index is -3.35. The lowest BCUT2D eigenvalue weighted by atomic mass is 10.1. The van der Waals surface area contributed by atoms with Crippen molar-refractivity contribution in [1.29, 1.82) is 0 Å². The van der Waals surface area contributed by atoms with E-state index < -0.39 is 61.7 Å². The van der Waals surface area contributed by atoms with Crippen LogP contribution in [0, 0.1) is 0 Å². The normalized spacial score (nSPS) is 35.6. The van der Waals surface area contributed by atoms with E-state index in [0.29, 0.717) is 0 Å². The van der Waals surface area contributed by atoms with E-state index in [2.05, 4.69) is 0 Å². The zero-order valence-electron chi connectivity index (χ0n) is 19.0. The molecule has 1 aromatic rings. The van der Waals surface area contributed by atoms with Gasteiger partial charge in [-0.2, -0.15) is 0 Å². The third-order valence-electron chi connectivity index (χ3n) is 0.875. The van der Waals surface area contributed by atoms with Gasteiger partial charge in [0.2, 0.25) is 0 Å². The van der Waals surface area contributed by atoms with Crippen LogP contribution >= 0.6 is 0 Å². The molecule has 0 saturated carbocycles. The molecule has 0 amide bonds. The number of rotatable bonds is 2. The standard InChI is InChI=1S/C10H14/c1-3-9-6-5-7-10(4-2)8-9/h5-8H,3-4H2,1-2H3/i1D3,2D3,3D2,4D2,5D,6D,7D,8D. The molecule has 54 valence electrons. The van der Waals surface area contributed by atoms with Gasteiger partial charge in [-0.05, 0) is 23.9 Å². The van der Waals surface area contributed by atoms with Gasteiger partial charge >= 0.3 is 0 Å². The second-order valence-electron chi connectivity index (χ2n) is 1.50. The first kappa shape index (κ1) is 1.16. The zero-order valence-corrected chi connectivity index (χ0v) is 5.00. The van der Waals surface area contributed by atoms with E-state index in [1.54, 1.807) is 0 Å². The fourth-order valence-corrected chi connectivity index (χ4v) is 0.469. The molecule has 0 unspecified atom stereocenters. The Labute approximate surface area is 82.6 Å². The van der Waals surface area contributed by atoms with Crippen LogP contribution in [0.3, 0.4) is 0 Å². The summed E-state index contributed by atoms with van der Waals surface area (Å²) in [5.41, 5.74) is -2.27. The van der Waals surface area contributed by atoms with Gasteiger partial charge < -0.3 is 0 Å². The average molecular weight is 148 g/mol. The van der Waals surface area contributed by atoms with Crippen molar-refractivity contribution in [3.05, 3.63) is 35.3 Å². The Balaban J connectivity index is 4.00. The van der Waals surface area contributed by atoms with Crippen LogP contribution in [-0.2, 0) is 12.7 Å². The molecule has 0 heteroatoms. The maximum Gasteiger partial charge on any atom is 0.0629 e. The first-order chi connectivity index (χ1) is 10.4. The van der Waals surface area contributed by atoms with Gasteiger partial charge in [-0.1, -0.05) is 37.9 Å². The molecule has 0 saturated heterocycles. The van der Waals surface area contributed by atoms with Crippen LogP contribution < -0.4 is 0 Å². The van der Waals surface area contributed by atoms with Crippen LogP contribution in [0.15, 0.2) is 24.2 Å². The van der Waals surface area contributed by atoms with Crippen molar-refractivity contribution in [2.75, 3.05) is 0 Å². The molecule has 0 fully saturated rings. The molecule has 0 aromatic heterocycles. The van der Waals surface area contributed by atoms with Gasteiger partial charge in [0, 0.05) is 13.7 Å². The van der Waals surface area contributed by atoms with E-state index in [4.69, 9.17) is 19.2 Å². The van der Waals surface area contributed by atoms with E-state index in [-0.39, 0.29) is 0 Å². The lowest BCUT2D eigenvalue weighted by Gasteiger charge is -1.98. The predicted molar refractivity (Wildman–Crippen MR) is 45.2 cm³/mol. The Morgan fingerprint density at radius 2 is 2.00 bits per heavy atom. The first-order valence-electron chi connectivity index (χ1n) is 9.50. The van der Waals surface area contributed by atoms with Crippen LogP contribution in [0.25, 0.3) is 0 Å². The van der Waals surface area contributed by atoms with E-state index in [0.717, 1.165) is 0 Å². The minimum Gasteiger partial charge on any atom is -0.0617 e. The summed E-state index contributed by atoms with van der Waals surface area (Å²) in [7, 11) is 0. The molecule has 0 nitrogen and oxygen atoms in total. The molecule has 0 aliphatic carbocycles. The molecular weight excluding hydrogens is 120 g/mol. The molecule has 0 heterocycles. The molecule has 0 radical (unpaired) electrons. The van der Waals surface area contributed by atoms with Gasteiger partial charge in [0.25, 0.3) is 0 Å². The highest BCUT2D eigenvalue weighted by atomic mass is 13.9. The van der Waals surface area contributed by atoms with E-state index in [1.807, 2.05) is 0 Å². The Kier molecular flexibility index (Phi) is 0.393. The summed E-state index contributed by atoms with van der Waals surface area (Å²) in [6, 6.07) is -4.37. The summed E-state index contributed by atoms with van der Waals surface area (Å²) in [5, 5.41) is 0. The minimum absolute atomic E-state index is 1.04. The quantitative estimate of drug-likeness (QED) is 0.605. The van der Waals surface area contributed by atoms with Crippen molar-refractivity contribution < 1.29 is 19.2 Å². The van der Waals surface area contributed by atoms with Crippen molar-refractivity contribution in [1.82, 2.24) is 0 Å². The smallest absolute Gasteiger partial charge is 0.0617 e. The second kappa shape index (κ2) is 3.40. The Hall–Kier alpha value is -0.780. The molecule has 0 N–H and O–H groups in total. The predicted octanol–water partition coefficient (Wildman–Crippen LogP) is 2.81. The van der Waals surface area contributed by atoms with Crippen molar-refractivity contribution >= 4 is 0 Å². The van der Waals surface area contributed by atoms with Crippen LogP contribution in [0.1, 0.15) is 44.0 Å². The van der Waals surface area contributed by atoms with E-state index in [9.17, 15) is 0 Å². The number of benzene rings is 1. The maximum atomic E-state index is 7.89. The largest absolute Gasteiger partial charge is 0.0629 e. The van der Waals surface area contributed by atoms with Gasteiger partial charge in [-0.3, -0.25) is 0 Å². The Morgan fingerprint density at radius 3 is 2.50 bits per heavy atom. The van der Waals surface area contributed by atoms with Crippen molar-refractivity contribution in [2.45, 2.75) is 26.4 Å². The highest BCUT2D eigenvalue weighted by Crippen LogP contribution is 2.05. The Bertz CT molecular complexity index is 596. The molecular formula is C10H14. The van der Waals surface area contributed by atoms with Gasteiger partial charge in [0.1, 0.15) is 0 Å². The molecule has 0 spiro atoms. The highest BCUT2D eigenvalue weighted by molar-refractivity contribution is 5.23.